The first-order valence-electron chi connectivity index (χ1n) is 7.21. The van der Waals surface area contributed by atoms with Crippen LogP contribution in [0.15, 0.2) is 29.2 Å². The van der Waals surface area contributed by atoms with Crippen LogP contribution in [-0.4, -0.2) is 32.7 Å². The number of benzene rings is 1. The first-order valence-corrected chi connectivity index (χ1v) is 8.44. The molecule has 5 nitrogen and oxygen atoms in total. The molecule has 1 amide bonds. The fraction of sp³-hybridized carbons (Fsp3) is 0.312. The minimum absolute atomic E-state index is 0.0408. The molecule has 7 heteroatoms. The summed E-state index contributed by atoms with van der Waals surface area (Å²) in [6, 6.07) is 6.57. The molecule has 0 bridgehead atoms. The zero-order valence-electron chi connectivity index (χ0n) is 12.4. The number of hydrogen-bond donors (Lipinski definition) is 1. The summed E-state index contributed by atoms with van der Waals surface area (Å²) in [5.41, 5.74) is 0.817. The van der Waals surface area contributed by atoms with Crippen molar-refractivity contribution >= 4 is 46.3 Å². The number of phenols is 1. The van der Waals surface area contributed by atoms with Crippen molar-refractivity contribution in [3.8, 4) is 5.75 Å². The molecule has 1 aliphatic rings. The minimum Gasteiger partial charge on any atom is -0.550 e. The van der Waals surface area contributed by atoms with E-state index in [-0.39, 0.29) is 18.1 Å². The molecule has 0 aromatic heterocycles. The smallest absolute Gasteiger partial charge is 0.266 e. The van der Waals surface area contributed by atoms with Crippen LogP contribution in [0.4, 0.5) is 0 Å². The van der Waals surface area contributed by atoms with E-state index in [9.17, 15) is 19.8 Å². The average Bonchev–Trinajstić information content (AvgIpc) is 2.76. The summed E-state index contributed by atoms with van der Waals surface area (Å²) < 4.78 is 0.514. The molecular weight excluding hydrogens is 334 g/mol. The fourth-order valence-electron chi connectivity index (χ4n) is 2.13. The average molecular weight is 350 g/mol. The van der Waals surface area contributed by atoms with Crippen molar-refractivity contribution in [2.45, 2.75) is 25.7 Å². The van der Waals surface area contributed by atoms with Gasteiger partial charge in [0.1, 0.15) is 10.1 Å². The number of carboxylic acids is 1. The highest BCUT2D eigenvalue weighted by Gasteiger charge is 2.31. The first-order chi connectivity index (χ1) is 11.0. The van der Waals surface area contributed by atoms with E-state index < -0.39 is 5.97 Å². The standard InChI is InChI=1S/C16H17NO4S2/c18-12-7-5-11(6-8-12)10-13-15(21)17(16(22)23-13)9-3-1-2-4-14(19)20/h5-8,10,18H,1-4,9H2,(H,19,20)/p-1/b13-10-. The lowest BCUT2D eigenvalue weighted by atomic mass is 10.2. The van der Waals surface area contributed by atoms with E-state index in [2.05, 4.69) is 0 Å². The van der Waals surface area contributed by atoms with E-state index in [0.717, 1.165) is 5.56 Å². The van der Waals surface area contributed by atoms with E-state index in [1.165, 1.54) is 11.8 Å². The molecule has 0 spiro atoms. The Hall–Kier alpha value is -1.86. The summed E-state index contributed by atoms with van der Waals surface area (Å²) in [7, 11) is 0. The van der Waals surface area contributed by atoms with E-state index >= 15 is 0 Å². The van der Waals surface area contributed by atoms with Gasteiger partial charge in [-0.1, -0.05) is 42.5 Å². The number of thiocarbonyl (C=S) groups is 1. The van der Waals surface area contributed by atoms with E-state index in [4.69, 9.17) is 12.2 Å². The highest BCUT2D eigenvalue weighted by atomic mass is 32.2. The number of carboxylic acid groups (broad SMARTS) is 1. The van der Waals surface area contributed by atoms with Gasteiger partial charge in [-0.3, -0.25) is 9.69 Å². The summed E-state index contributed by atoms with van der Waals surface area (Å²) in [6.07, 6.45) is 3.74. The Labute approximate surface area is 144 Å². The number of aromatic hydroxyl groups is 1. The number of nitrogens with zero attached hydrogens (tertiary/aromatic N) is 1. The molecule has 0 atom stereocenters. The molecule has 1 N–H and O–H groups in total. The Morgan fingerprint density at radius 2 is 1.96 bits per heavy atom. The molecule has 0 saturated carbocycles. The second-order valence-electron chi connectivity index (χ2n) is 5.11. The second kappa shape index (κ2) is 8.12. The van der Waals surface area contributed by atoms with E-state index in [1.807, 2.05) is 0 Å². The Bertz CT molecular complexity index is 640. The van der Waals surface area contributed by atoms with Gasteiger partial charge >= 0.3 is 0 Å². The van der Waals surface area contributed by atoms with Gasteiger partial charge in [-0.05, 0) is 43.0 Å². The van der Waals surface area contributed by atoms with Crippen molar-refractivity contribution in [3.05, 3.63) is 34.7 Å². The van der Waals surface area contributed by atoms with Crippen LogP contribution >= 0.6 is 24.0 Å². The van der Waals surface area contributed by atoms with Gasteiger partial charge in [0.05, 0.1) is 4.91 Å². The number of hydrogen-bond acceptors (Lipinski definition) is 6. The third-order valence-corrected chi connectivity index (χ3v) is 4.70. The molecule has 1 aromatic carbocycles. The lowest BCUT2D eigenvalue weighted by Gasteiger charge is -2.14. The Kier molecular flexibility index (Phi) is 6.18. The Morgan fingerprint density at radius 3 is 2.61 bits per heavy atom. The van der Waals surface area contributed by atoms with Gasteiger partial charge in [0.25, 0.3) is 5.91 Å². The second-order valence-corrected chi connectivity index (χ2v) is 6.78. The van der Waals surface area contributed by atoms with Gasteiger partial charge in [0, 0.05) is 12.5 Å². The van der Waals surface area contributed by atoms with Gasteiger partial charge in [0.2, 0.25) is 0 Å². The molecule has 23 heavy (non-hydrogen) atoms. The number of carbonyl (C=O) groups is 2. The van der Waals surface area contributed by atoms with Crippen LogP contribution in [0.5, 0.6) is 5.75 Å². The molecule has 1 fully saturated rings. The number of thioether (sulfide) groups is 1. The minimum atomic E-state index is -1.05. The Balaban J connectivity index is 1.91. The van der Waals surface area contributed by atoms with Crippen molar-refractivity contribution in [2.24, 2.45) is 0 Å². The van der Waals surface area contributed by atoms with Crippen LogP contribution < -0.4 is 5.11 Å². The third-order valence-electron chi connectivity index (χ3n) is 3.33. The van der Waals surface area contributed by atoms with Crippen LogP contribution in [-0.2, 0) is 9.59 Å². The molecule has 1 heterocycles. The maximum atomic E-state index is 12.4. The quantitative estimate of drug-likeness (QED) is 0.460. The van der Waals surface area contributed by atoms with Crippen molar-refractivity contribution in [1.29, 1.82) is 0 Å². The number of carbonyl (C=O) groups excluding carboxylic acids is 2. The van der Waals surface area contributed by atoms with Crippen LogP contribution in [0, 0.1) is 0 Å². The number of rotatable bonds is 7. The maximum Gasteiger partial charge on any atom is 0.266 e. The summed E-state index contributed by atoms with van der Waals surface area (Å²) >= 11 is 6.49. The molecule has 1 saturated heterocycles. The number of unbranched alkanes of at least 4 members (excludes halogenated alkanes) is 2. The largest absolute Gasteiger partial charge is 0.550 e. The zero-order valence-corrected chi connectivity index (χ0v) is 14.0. The van der Waals surface area contributed by atoms with Crippen molar-refractivity contribution < 1.29 is 19.8 Å². The topological polar surface area (TPSA) is 80.7 Å². The third kappa shape index (κ3) is 5.07. The van der Waals surface area contributed by atoms with Crippen LogP contribution in [0.2, 0.25) is 0 Å². The van der Waals surface area contributed by atoms with Crippen molar-refractivity contribution in [2.75, 3.05) is 6.54 Å². The lowest BCUT2D eigenvalue weighted by molar-refractivity contribution is -0.305. The zero-order chi connectivity index (χ0) is 16.8. The molecule has 1 aliphatic heterocycles. The monoisotopic (exact) mass is 350 g/mol. The fourth-order valence-corrected chi connectivity index (χ4v) is 3.44. The summed E-state index contributed by atoms with van der Waals surface area (Å²) in [6.45, 7) is 0.491. The normalized spacial score (nSPS) is 16.3. The molecule has 2 rings (SSSR count). The van der Waals surface area contributed by atoms with Crippen molar-refractivity contribution in [1.82, 2.24) is 4.90 Å². The maximum absolute atomic E-state index is 12.4. The highest BCUT2D eigenvalue weighted by molar-refractivity contribution is 8.26. The van der Waals surface area contributed by atoms with Crippen LogP contribution in [0.25, 0.3) is 6.08 Å². The first kappa shape index (κ1) is 17.5. The molecule has 122 valence electrons. The number of phenolic OH excluding ortho intramolecular Hbond substituents is 1. The van der Waals surface area contributed by atoms with Crippen LogP contribution in [0.3, 0.4) is 0 Å². The predicted molar refractivity (Wildman–Crippen MR) is 91.5 cm³/mol. The van der Waals surface area contributed by atoms with E-state index in [0.29, 0.717) is 35.0 Å². The molecule has 0 radical (unpaired) electrons. The van der Waals surface area contributed by atoms with Gasteiger partial charge < -0.3 is 15.0 Å². The van der Waals surface area contributed by atoms with E-state index in [1.54, 1.807) is 35.2 Å². The lowest BCUT2D eigenvalue weighted by Crippen LogP contribution is -2.29. The van der Waals surface area contributed by atoms with Gasteiger partial charge in [-0.25, -0.2) is 0 Å². The summed E-state index contributed by atoms with van der Waals surface area (Å²) in [4.78, 5) is 24.8. The predicted octanol–water partition coefficient (Wildman–Crippen LogP) is 1.90. The van der Waals surface area contributed by atoms with Gasteiger partial charge in [-0.15, -0.1) is 0 Å². The molecular formula is C16H16NO4S2-. The highest BCUT2D eigenvalue weighted by Crippen LogP contribution is 2.32. The summed E-state index contributed by atoms with van der Waals surface area (Å²) in [5, 5.41) is 19.6. The van der Waals surface area contributed by atoms with Gasteiger partial charge in [0.15, 0.2) is 0 Å². The molecule has 0 unspecified atom stereocenters. The van der Waals surface area contributed by atoms with Crippen LogP contribution in [0.1, 0.15) is 31.2 Å². The SMILES string of the molecule is O=C([O-])CCCCCN1C(=O)/C(=C/c2ccc(O)cc2)SC1=S. The van der Waals surface area contributed by atoms with Gasteiger partial charge in [-0.2, -0.15) is 0 Å². The number of aliphatic carboxylic acids is 1. The number of amides is 1. The van der Waals surface area contributed by atoms with Crippen molar-refractivity contribution in [3.63, 3.8) is 0 Å². The Morgan fingerprint density at radius 1 is 1.26 bits per heavy atom. The molecule has 1 aromatic rings. The summed E-state index contributed by atoms with van der Waals surface area (Å²) in [5.74, 6) is -1.01. The molecule has 0 aliphatic carbocycles.